The predicted molar refractivity (Wildman–Crippen MR) is 59.6 cm³/mol. The van der Waals surface area contributed by atoms with Crippen LogP contribution in [0, 0.1) is 0 Å². The van der Waals surface area contributed by atoms with Crippen molar-refractivity contribution in [3.05, 3.63) is 0 Å². The van der Waals surface area contributed by atoms with Crippen molar-refractivity contribution >= 4 is 6.03 Å². The Morgan fingerprint density at radius 1 is 0.714 bits per heavy atom. The summed E-state index contributed by atoms with van der Waals surface area (Å²) in [4.78, 5) is 9.00. The van der Waals surface area contributed by atoms with Crippen LogP contribution in [0.15, 0.2) is 0 Å². The molecule has 0 aliphatic carbocycles. The maximum atomic E-state index is 9.00. The van der Waals surface area contributed by atoms with Crippen LogP contribution in [0.1, 0.15) is 38.5 Å². The van der Waals surface area contributed by atoms with E-state index in [9.17, 15) is 0 Å². The fraction of sp³-hybridized carbons (Fsp3) is 0.889. The first-order valence-electron chi connectivity index (χ1n) is 5.10. The zero-order chi connectivity index (χ0) is 11.2. The van der Waals surface area contributed by atoms with Gasteiger partial charge in [0.2, 0.25) is 0 Å². The standard InChI is InChI=1S/C8H20N2.CH4N2O/c9-7-5-3-1-2-4-6-8-10;2-1(3)4/h1-10H2;(H4,2,3,4). The third kappa shape index (κ3) is 30.3. The third-order valence-corrected chi connectivity index (χ3v) is 1.66. The van der Waals surface area contributed by atoms with E-state index in [1.807, 2.05) is 0 Å². The van der Waals surface area contributed by atoms with Gasteiger partial charge in [-0.1, -0.05) is 25.7 Å². The molecule has 0 saturated heterocycles. The van der Waals surface area contributed by atoms with E-state index >= 15 is 0 Å². The van der Waals surface area contributed by atoms with Gasteiger partial charge in [0.15, 0.2) is 0 Å². The van der Waals surface area contributed by atoms with Gasteiger partial charge in [0.05, 0.1) is 0 Å². The second kappa shape index (κ2) is 14.7. The van der Waals surface area contributed by atoms with Crippen LogP contribution in [0.3, 0.4) is 0 Å². The van der Waals surface area contributed by atoms with E-state index in [0.29, 0.717) is 0 Å². The van der Waals surface area contributed by atoms with Gasteiger partial charge >= 0.3 is 6.03 Å². The normalized spacial score (nSPS) is 9.00. The molecule has 0 spiro atoms. The van der Waals surface area contributed by atoms with E-state index in [1.54, 1.807) is 0 Å². The Balaban J connectivity index is 0. The van der Waals surface area contributed by atoms with Crippen LogP contribution in [0.5, 0.6) is 0 Å². The SMILES string of the molecule is NC(N)=O.NCCCCCCCCN. The highest BCUT2D eigenvalue weighted by molar-refractivity contribution is 5.69. The molecule has 0 aromatic rings. The molecule has 0 fully saturated rings. The lowest BCUT2D eigenvalue weighted by Crippen LogP contribution is -2.18. The van der Waals surface area contributed by atoms with Crippen LogP contribution in [-0.2, 0) is 0 Å². The molecule has 5 nitrogen and oxygen atoms in total. The summed E-state index contributed by atoms with van der Waals surface area (Å²) in [5.41, 5.74) is 19.2. The second-order valence-electron chi connectivity index (χ2n) is 3.10. The number of hydrogen-bond acceptors (Lipinski definition) is 3. The van der Waals surface area contributed by atoms with Crippen molar-refractivity contribution in [3.8, 4) is 0 Å². The number of unbranched alkanes of at least 4 members (excludes halogenated alkanes) is 5. The molecule has 8 N–H and O–H groups in total. The van der Waals surface area contributed by atoms with Crippen LogP contribution in [0.25, 0.3) is 0 Å². The lowest BCUT2D eigenvalue weighted by Gasteiger charge is -1.97. The maximum Gasteiger partial charge on any atom is 0.309 e. The molecule has 2 amide bonds. The van der Waals surface area contributed by atoms with E-state index in [2.05, 4.69) is 11.5 Å². The minimum absolute atomic E-state index is 0.833. The fourth-order valence-electron chi connectivity index (χ4n) is 0.996. The highest BCUT2D eigenvalue weighted by Crippen LogP contribution is 2.03. The van der Waals surface area contributed by atoms with Gasteiger partial charge in [0.1, 0.15) is 0 Å². The Morgan fingerprint density at radius 3 is 1.14 bits per heavy atom. The van der Waals surface area contributed by atoms with Crippen LogP contribution in [0.4, 0.5) is 4.79 Å². The molecule has 14 heavy (non-hydrogen) atoms. The predicted octanol–water partition coefficient (Wildman–Crippen LogP) is 0.268. The first kappa shape index (κ1) is 15.7. The summed E-state index contributed by atoms with van der Waals surface area (Å²) < 4.78 is 0. The molecule has 0 unspecified atom stereocenters. The molecular weight excluding hydrogens is 180 g/mol. The number of primary amides is 2. The lowest BCUT2D eigenvalue weighted by molar-refractivity contribution is 0.256. The molecule has 0 aliphatic heterocycles. The van der Waals surface area contributed by atoms with Crippen molar-refractivity contribution in [2.24, 2.45) is 22.9 Å². The molecule has 0 saturated carbocycles. The zero-order valence-corrected chi connectivity index (χ0v) is 8.87. The third-order valence-electron chi connectivity index (χ3n) is 1.66. The number of rotatable bonds is 7. The van der Waals surface area contributed by atoms with Crippen LogP contribution in [0.2, 0.25) is 0 Å². The van der Waals surface area contributed by atoms with Crippen molar-refractivity contribution < 1.29 is 4.79 Å². The zero-order valence-electron chi connectivity index (χ0n) is 8.87. The van der Waals surface area contributed by atoms with Crippen molar-refractivity contribution in [3.63, 3.8) is 0 Å². The van der Waals surface area contributed by atoms with Gasteiger partial charge in [-0.3, -0.25) is 0 Å². The van der Waals surface area contributed by atoms with Gasteiger partial charge in [-0.25, -0.2) is 4.79 Å². The summed E-state index contributed by atoms with van der Waals surface area (Å²) in [5, 5.41) is 0. The monoisotopic (exact) mass is 204 g/mol. The maximum absolute atomic E-state index is 9.00. The Bertz CT molecular complexity index is 107. The largest absolute Gasteiger partial charge is 0.352 e. The summed E-state index contributed by atoms with van der Waals surface area (Å²) in [5.74, 6) is 0. The molecule has 0 aromatic carbocycles. The molecule has 0 bridgehead atoms. The number of carbonyl (C=O) groups excluding carboxylic acids is 1. The fourth-order valence-corrected chi connectivity index (χ4v) is 0.996. The first-order chi connectivity index (χ1) is 6.65. The molecule has 0 rings (SSSR count). The molecule has 0 heterocycles. The number of nitrogens with two attached hydrogens (primary N) is 4. The topological polar surface area (TPSA) is 121 Å². The van der Waals surface area contributed by atoms with Crippen molar-refractivity contribution in [1.29, 1.82) is 0 Å². The highest BCUT2D eigenvalue weighted by Gasteiger charge is 1.87. The van der Waals surface area contributed by atoms with Gasteiger partial charge < -0.3 is 22.9 Å². The Hall–Kier alpha value is -0.810. The highest BCUT2D eigenvalue weighted by atomic mass is 16.2. The summed E-state index contributed by atoms with van der Waals surface area (Å²) in [6, 6.07) is -0.833. The average Bonchev–Trinajstić information content (AvgIpc) is 2.10. The van der Waals surface area contributed by atoms with Crippen molar-refractivity contribution in [1.82, 2.24) is 0 Å². The molecule has 0 aromatic heterocycles. The van der Waals surface area contributed by atoms with Gasteiger partial charge in [-0.05, 0) is 25.9 Å². The summed E-state index contributed by atoms with van der Waals surface area (Å²) >= 11 is 0. The smallest absolute Gasteiger partial charge is 0.309 e. The van der Waals surface area contributed by atoms with Crippen molar-refractivity contribution in [2.75, 3.05) is 13.1 Å². The Kier molecular flexibility index (Phi) is 16.4. The van der Waals surface area contributed by atoms with Crippen molar-refractivity contribution in [2.45, 2.75) is 38.5 Å². The summed E-state index contributed by atoms with van der Waals surface area (Å²) in [6.07, 6.45) is 7.61. The summed E-state index contributed by atoms with van der Waals surface area (Å²) in [7, 11) is 0. The van der Waals surface area contributed by atoms with Crippen LogP contribution >= 0.6 is 0 Å². The number of urea groups is 1. The molecule has 5 heteroatoms. The van der Waals surface area contributed by atoms with Gasteiger partial charge in [-0.2, -0.15) is 0 Å². The number of hydrogen-bond donors (Lipinski definition) is 4. The van der Waals surface area contributed by atoms with E-state index in [1.165, 1.54) is 38.5 Å². The van der Waals surface area contributed by atoms with Gasteiger partial charge in [0.25, 0.3) is 0 Å². The lowest BCUT2D eigenvalue weighted by atomic mass is 10.1. The second-order valence-corrected chi connectivity index (χ2v) is 3.10. The Morgan fingerprint density at radius 2 is 0.929 bits per heavy atom. The van der Waals surface area contributed by atoms with E-state index in [4.69, 9.17) is 16.3 Å². The first-order valence-corrected chi connectivity index (χ1v) is 5.10. The quantitative estimate of drug-likeness (QED) is 0.445. The van der Waals surface area contributed by atoms with E-state index in [-0.39, 0.29) is 0 Å². The van der Waals surface area contributed by atoms with Gasteiger partial charge in [-0.15, -0.1) is 0 Å². The molecule has 0 atom stereocenters. The van der Waals surface area contributed by atoms with E-state index < -0.39 is 6.03 Å². The van der Waals surface area contributed by atoms with Gasteiger partial charge in [0, 0.05) is 0 Å². The molecule has 0 radical (unpaired) electrons. The molecular formula is C9H24N4O. The number of amides is 2. The average molecular weight is 204 g/mol. The molecule has 0 aliphatic rings. The van der Waals surface area contributed by atoms with Crippen LogP contribution < -0.4 is 22.9 Å². The number of carbonyl (C=O) groups is 1. The minimum atomic E-state index is -0.833. The van der Waals surface area contributed by atoms with E-state index in [0.717, 1.165) is 13.1 Å². The summed E-state index contributed by atoms with van der Waals surface area (Å²) in [6.45, 7) is 1.69. The Labute approximate surface area is 86.2 Å². The molecule has 86 valence electrons. The van der Waals surface area contributed by atoms with Crippen LogP contribution in [-0.4, -0.2) is 19.1 Å². The minimum Gasteiger partial charge on any atom is -0.352 e.